The summed E-state index contributed by atoms with van der Waals surface area (Å²) in [5.41, 5.74) is 2.42. The number of oxime groups is 2. The van der Waals surface area contributed by atoms with E-state index in [1.54, 1.807) is 0 Å². The van der Waals surface area contributed by atoms with Gasteiger partial charge in [0.25, 0.3) is 0 Å². The maximum atomic E-state index is 5.21. The Bertz CT molecular complexity index is 350. The summed E-state index contributed by atoms with van der Waals surface area (Å²) < 4.78 is 0. The Labute approximate surface area is 158 Å². The zero-order chi connectivity index (χ0) is 19.1. The van der Waals surface area contributed by atoms with E-state index in [0.29, 0.717) is 24.0 Å². The summed E-state index contributed by atoms with van der Waals surface area (Å²) in [5, 5.41) is 7.98. The second-order valence-electron chi connectivity index (χ2n) is 6.18. The summed E-state index contributed by atoms with van der Waals surface area (Å²) in [6.45, 7) is 20.9. The molecule has 0 bridgehead atoms. The Morgan fingerprint density at radius 2 is 1.48 bits per heavy atom. The topological polar surface area (TPSA) is 43.2 Å². The summed E-state index contributed by atoms with van der Waals surface area (Å²) in [6.07, 6.45) is 4.87. The predicted octanol–water partition coefficient (Wildman–Crippen LogP) is 7.08. The zero-order valence-electron chi connectivity index (χ0n) is 17.8. The van der Waals surface area contributed by atoms with Gasteiger partial charge in [0.2, 0.25) is 0 Å². The van der Waals surface area contributed by atoms with Gasteiger partial charge in [-0.1, -0.05) is 87.0 Å². The van der Waals surface area contributed by atoms with Gasteiger partial charge in [-0.3, -0.25) is 0 Å². The molecule has 2 unspecified atom stereocenters. The van der Waals surface area contributed by atoms with Crippen molar-refractivity contribution in [2.45, 2.75) is 115 Å². The van der Waals surface area contributed by atoms with Crippen molar-refractivity contribution in [3.63, 3.8) is 0 Å². The first-order valence-electron chi connectivity index (χ1n) is 9.91. The van der Waals surface area contributed by atoms with Crippen LogP contribution < -0.4 is 0 Å². The highest BCUT2D eigenvalue weighted by atomic mass is 16.6. The molecule has 0 aromatic heterocycles. The van der Waals surface area contributed by atoms with E-state index in [2.05, 4.69) is 51.9 Å². The molecule has 0 spiro atoms. The molecule has 0 aromatic carbocycles. The molecule has 0 amide bonds. The molecule has 152 valence electrons. The van der Waals surface area contributed by atoms with E-state index in [-0.39, 0.29) is 7.43 Å². The highest BCUT2D eigenvalue weighted by Crippen LogP contribution is 2.19. The largest absolute Gasteiger partial charge is 0.392 e. The lowest BCUT2D eigenvalue weighted by atomic mass is 10.0. The first-order valence-corrected chi connectivity index (χ1v) is 9.91. The van der Waals surface area contributed by atoms with E-state index < -0.39 is 0 Å². The number of rotatable bonds is 4. The quantitative estimate of drug-likeness (QED) is 0.538. The van der Waals surface area contributed by atoms with Crippen LogP contribution in [0.2, 0.25) is 0 Å². The van der Waals surface area contributed by atoms with E-state index in [9.17, 15) is 0 Å². The first kappa shape index (κ1) is 28.7. The second-order valence-corrected chi connectivity index (χ2v) is 6.18. The molecule has 0 saturated heterocycles. The van der Waals surface area contributed by atoms with E-state index >= 15 is 0 Å². The van der Waals surface area contributed by atoms with Crippen molar-refractivity contribution in [3.8, 4) is 0 Å². The summed E-state index contributed by atoms with van der Waals surface area (Å²) in [4.78, 5) is 10.4. The number of hydrogen-bond acceptors (Lipinski definition) is 4. The minimum absolute atomic E-state index is 0. The summed E-state index contributed by atoms with van der Waals surface area (Å²) >= 11 is 0. The van der Waals surface area contributed by atoms with Crippen molar-refractivity contribution in [2.24, 2.45) is 22.1 Å². The minimum Gasteiger partial charge on any atom is -0.392 e. The molecule has 25 heavy (non-hydrogen) atoms. The van der Waals surface area contributed by atoms with Crippen LogP contribution in [-0.4, -0.2) is 23.6 Å². The molecular formula is C21H46N2O2. The van der Waals surface area contributed by atoms with Gasteiger partial charge in [-0.2, -0.15) is 0 Å². The van der Waals surface area contributed by atoms with Gasteiger partial charge in [-0.05, 0) is 24.7 Å². The molecule has 0 aromatic rings. The maximum absolute atomic E-state index is 5.21. The molecule has 0 N–H and O–H groups in total. The lowest BCUT2D eigenvalue weighted by molar-refractivity contribution is 0.0521. The molecular weight excluding hydrogens is 312 g/mol. The molecule has 2 aliphatic rings. The third-order valence-electron chi connectivity index (χ3n) is 3.78. The second kappa shape index (κ2) is 17.8. The van der Waals surface area contributed by atoms with Gasteiger partial charge in [0.05, 0.1) is 11.4 Å². The van der Waals surface area contributed by atoms with Crippen LogP contribution >= 0.6 is 0 Å². The van der Waals surface area contributed by atoms with Crippen molar-refractivity contribution >= 4 is 11.4 Å². The summed E-state index contributed by atoms with van der Waals surface area (Å²) in [7, 11) is 0. The van der Waals surface area contributed by atoms with Crippen molar-refractivity contribution < 1.29 is 9.68 Å². The Balaban J connectivity index is -0.000000312. The van der Waals surface area contributed by atoms with E-state index in [1.165, 1.54) is 11.4 Å². The van der Waals surface area contributed by atoms with Gasteiger partial charge in [0.15, 0.2) is 0 Å². The third-order valence-corrected chi connectivity index (χ3v) is 3.78. The van der Waals surface area contributed by atoms with Gasteiger partial charge in [0, 0.05) is 12.8 Å². The average molecular weight is 359 g/mol. The maximum Gasteiger partial charge on any atom is 0.135 e. The van der Waals surface area contributed by atoms with Crippen molar-refractivity contribution in [2.75, 3.05) is 0 Å². The van der Waals surface area contributed by atoms with Gasteiger partial charge >= 0.3 is 0 Å². The Morgan fingerprint density at radius 3 is 1.72 bits per heavy atom. The summed E-state index contributed by atoms with van der Waals surface area (Å²) in [6, 6.07) is 0. The molecule has 0 radical (unpaired) electrons. The molecule has 0 saturated carbocycles. The van der Waals surface area contributed by atoms with Crippen LogP contribution in [0.15, 0.2) is 10.3 Å². The van der Waals surface area contributed by atoms with Gasteiger partial charge in [-0.15, -0.1) is 0 Å². The summed E-state index contributed by atoms with van der Waals surface area (Å²) in [5.74, 6) is 1.14. The Hall–Kier alpha value is -1.06. The molecule has 2 aliphatic heterocycles. The number of hydrogen-bond donors (Lipinski definition) is 0. The third kappa shape index (κ3) is 12.0. The van der Waals surface area contributed by atoms with Gasteiger partial charge < -0.3 is 9.68 Å². The Kier molecular flexibility index (Phi) is 20.4. The smallest absolute Gasteiger partial charge is 0.135 e. The fourth-order valence-corrected chi connectivity index (χ4v) is 2.03. The molecule has 4 heteroatoms. The molecule has 2 atom stereocenters. The van der Waals surface area contributed by atoms with Crippen LogP contribution in [-0.2, 0) is 9.68 Å². The fraction of sp³-hybridized carbons (Fsp3) is 0.905. The van der Waals surface area contributed by atoms with Crippen LogP contribution in [0, 0.1) is 11.8 Å². The Morgan fingerprint density at radius 1 is 0.920 bits per heavy atom. The fourth-order valence-electron chi connectivity index (χ4n) is 2.03. The molecule has 2 heterocycles. The van der Waals surface area contributed by atoms with E-state index in [0.717, 1.165) is 25.7 Å². The van der Waals surface area contributed by atoms with Crippen LogP contribution in [0.3, 0.4) is 0 Å². The predicted molar refractivity (Wildman–Crippen MR) is 114 cm³/mol. The van der Waals surface area contributed by atoms with Crippen LogP contribution in [0.25, 0.3) is 0 Å². The van der Waals surface area contributed by atoms with Crippen LogP contribution in [0.1, 0.15) is 102 Å². The zero-order valence-corrected chi connectivity index (χ0v) is 17.8. The first-order chi connectivity index (χ1) is 11.5. The molecule has 2 rings (SSSR count). The standard InChI is InChI=1S/2C8H15NO.2C2H6.CH4/c1-4-7-5-8(6(2)3)9-10-7;1-4-7-5-8(6(2)3)10-9-7;2*1-2;/h6-7H,4-5H2,1-3H3;6,8H,4-5H2,1-3H3;2*1-2H3;1H4. The van der Waals surface area contributed by atoms with E-state index in [1.807, 2.05) is 27.7 Å². The highest BCUT2D eigenvalue weighted by molar-refractivity contribution is 5.87. The lowest BCUT2D eigenvalue weighted by Gasteiger charge is -2.10. The monoisotopic (exact) mass is 358 g/mol. The van der Waals surface area contributed by atoms with Crippen molar-refractivity contribution in [3.05, 3.63) is 0 Å². The lowest BCUT2D eigenvalue weighted by Crippen LogP contribution is -2.14. The minimum atomic E-state index is 0. The van der Waals surface area contributed by atoms with Crippen LogP contribution in [0.5, 0.6) is 0 Å². The van der Waals surface area contributed by atoms with Crippen LogP contribution in [0.4, 0.5) is 0 Å². The average Bonchev–Trinajstić information content (AvgIpc) is 3.28. The SMILES string of the molecule is C.CC.CC.CCC1=NOC(C(C)C)C1.CCC1CC(C(C)C)=NO1. The molecule has 4 nitrogen and oxygen atoms in total. The number of nitrogens with zero attached hydrogens (tertiary/aromatic N) is 2. The molecule has 0 fully saturated rings. The van der Waals surface area contributed by atoms with Gasteiger partial charge in [0.1, 0.15) is 12.2 Å². The normalized spacial score (nSPS) is 20.3. The van der Waals surface area contributed by atoms with Gasteiger partial charge in [-0.25, -0.2) is 0 Å². The van der Waals surface area contributed by atoms with Crippen molar-refractivity contribution in [1.29, 1.82) is 0 Å². The highest BCUT2D eigenvalue weighted by Gasteiger charge is 2.22. The van der Waals surface area contributed by atoms with Crippen molar-refractivity contribution in [1.82, 2.24) is 0 Å². The van der Waals surface area contributed by atoms with E-state index in [4.69, 9.17) is 9.68 Å². The molecule has 0 aliphatic carbocycles.